The first kappa shape index (κ1) is 13.4. The molecule has 0 aromatic carbocycles. The zero-order valence-electron chi connectivity index (χ0n) is 9.63. The molecule has 0 bridgehead atoms. The Hall–Kier alpha value is -1.01. The fourth-order valence-electron chi connectivity index (χ4n) is 1.44. The molecule has 0 saturated carbocycles. The summed E-state index contributed by atoms with van der Waals surface area (Å²) in [5.41, 5.74) is 3.67. The van der Waals surface area contributed by atoms with Crippen molar-refractivity contribution in [3.05, 3.63) is 38.0 Å². The fraction of sp³-hybridized carbons (Fsp3) is 0.182. The second-order valence-electron chi connectivity index (χ2n) is 3.67. The maximum Gasteiger partial charge on any atom is 0.161 e. The van der Waals surface area contributed by atoms with Gasteiger partial charge in [0.25, 0.3) is 0 Å². The number of aromatic nitrogens is 1. The highest BCUT2D eigenvalue weighted by atomic mass is 35.5. The molecule has 0 unspecified atom stereocenters. The van der Waals surface area contributed by atoms with Gasteiger partial charge in [-0.2, -0.15) is 0 Å². The van der Waals surface area contributed by atoms with Crippen molar-refractivity contribution in [1.29, 1.82) is 0 Å². The number of nitrogen functional groups attached to an aromatic ring is 1. The summed E-state index contributed by atoms with van der Waals surface area (Å²) in [7, 11) is 0. The van der Waals surface area contributed by atoms with Gasteiger partial charge in [0, 0.05) is 4.88 Å². The summed E-state index contributed by atoms with van der Waals surface area (Å²) < 4.78 is 0. The van der Waals surface area contributed by atoms with Crippen LogP contribution in [0.3, 0.4) is 0 Å². The van der Waals surface area contributed by atoms with E-state index in [1.807, 2.05) is 0 Å². The van der Waals surface area contributed by atoms with Crippen LogP contribution in [-0.4, -0.2) is 4.98 Å². The lowest BCUT2D eigenvalue weighted by molar-refractivity contribution is 1.12. The second kappa shape index (κ2) is 5.75. The first-order valence-electron chi connectivity index (χ1n) is 5.21. The molecule has 2 aromatic rings. The molecule has 0 saturated heterocycles. The number of halogens is 2. The van der Waals surface area contributed by atoms with E-state index in [0.29, 0.717) is 28.2 Å². The SMILES string of the molecule is Cc1ccsc1CNc1nc(NN)c(Cl)cc1Cl. The number of pyridine rings is 1. The fourth-order valence-corrected chi connectivity index (χ4v) is 2.77. The van der Waals surface area contributed by atoms with E-state index in [4.69, 9.17) is 29.0 Å². The minimum Gasteiger partial charge on any atom is -0.364 e. The Bertz CT molecular complexity index is 556. The van der Waals surface area contributed by atoms with Crippen LogP contribution in [0, 0.1) is 6.92 Å². The average molecular weight is 303 g/mol. The Morgan fingerprint density at radius 2 is 2.06 bits per heavy atom. The predicted octanol–water partition coefficient (Wildman–Crippen LogP) is 3.66. The molecule has 2 heterocycles. The highest BCUT2D eigenvalue weighted by molar-refractivity contribution is 7.10. The van der Waals surface area contributed by atoms with Crippen molar-refractivity contribution in [2.24, 2.45) is 5.84 Å². The molecular formula is C11H12Cl2N4S. The van der Waals surface area contributed by atoms with Crippen LogP contribution in [0.5, 0.6) is 0 Å². The van der Waals surface area contributed by atoms with Crippen LogP contribution < -0.4 is 16.6 Å². The molecule has 0 fully saturated rings. The smallest absolute Gasteiger partial charge is 0.161 e. The molecule has 0 aliphatic heterocycles. The van der Waals surface area contributed by atoms with E-state index in [-0.39, 0.29) is 0 Å². The monoisotopic (exact) mass is 302 g/mol. The summed E-state index contributed by atoms with van der Waals surface area (Å²) in [5, 5.41) is 6.08. The zero-order valence-corrected chi connectivity index (χ0v) is 12.0. The van der Waals surface area contributed by atoms with Gasteiger partial charge in [0.2, 0.25) is 0 Å². The van der Waals surface area contributed by atoms with Crippen LogP contribution in [0.15, 0.2) is 17.5 Å². The highest BCUT2D eigenvalue weighted by Gasteiger charge is 2.09. The molecule has 2 rings (SSSR count). The third-order valence-corrected chi connectivity index (χ3v) is 4.05. The van der Waals surface area contributed by atoms with Crippen molar-refractivity contribution >= 4 is 46.2 Å². The molecule has 0 aliphatic rings. The maximum atomic E-state index is 6.06. The molecule has 4 N–H and O–H groups in total. The number of hydrogen-bond donors (Lipinski definition) is 3. The standard InChI is InChI=1S/C11H12Cl2N4S/c1-6-2-3-18-9(6)5-15-10-7(12)4-8(13)11(16-10)17-14/h2-4H,5,14H2,1H3,(H2,15,16,17). The Labute approximate surface area is 119 Å². The Balaban J connectivity index is 2.16. The van der Waals surface area contributed by atoms with Gasteiger partial charge in [-0.3, -0.25) is 0 Å². The largest absolute Gasteiger partial charge is 0.364 e. The van der Waals surface area contributed by atoms with Crippen LogP contribution in [0.2, 0.25) is 10.0 Å². The van der Waals surface area contributed by atoms with Crippen LogP contribution in [0.25, 0.3) is 0 Å². The molecular weight excluding hydrogens is 291 g/mol. The number of anilines is 2. The van der Waals surface area contributed by atoms with Crippen molar-refractivity contribution in [2.45, 2.75) is 13.5 Å². The van der Waals surface area contributed by atoms with Gasteiger partial charge in [-0.05, 0) is 30.0 Å². The highest BCUT2D eigenvalue weighted by Crippen LogP contribution is 2.29. The number of nitrogens with one attached hydrogen (secondary N) is 2. The maximum absolute atomic E-state index is 6.06. The molecule has 18 heavy (non-hydrogen) atoms. The quantitative estimate of drug-likeness (QED) is 0.596. The summed E-state index contributed by atoms with van der Waals surface area (Å²) in [6.07, 6.45) is 0. The first-order chi connectivity index (χ1) is 8.61. The van der Waals surface area contributed by atoms with Crippen LogP contribution in [0.4, 0.5) is 11.6 Å². The van der Waals surface area contributed by atoms with E-state index < -0.39 is 0 Å². The van der Waals surface area contributed by atoms with Crippen LogP contribution in [-0.2, 0) is 6.54 Å². The van der Waals surface area contributed by atoms with Gasteiger partial charge in [0.15, 0.2) is 5.82 Å². The summed E-state index contributed by atoms with van der Waals surface area (Å²) in [6.45, 7) is 2.74. The van der Waals surface area contributed by atoms with Crippen molar-refractivity contribution in [3.63, 3.8) is 0 Å². The molecule has 2 aromatic heterocycles. The topological polar surface area (TPSA) is 63.0 Å². The Kier molecular flexibility index (Phi) is 4.29. The number of hydrazine groups is 1. The number of aryl methyl sites for hydroxylation is 1. The summed E-state index contributed by atoms with van der Waals surface area (Å²) in [6, 6.07) is 3.68. The minimum absolute atomic E-state index is 0.389. The van der Waals surface area contributed by atoms with Crippen molar-refractivity contribution in [3.8, 4) is 0 Å². The molecule has 0 amide bonds. The van der Waals surface area contributed by atoms with Crippen molar-refractivity contribution in [2.75, 3.05) is 10.7 Å². The van der Waals surface area contributed by atoms with E-state index in [0.717, 1.165) is 0 Å². The number of hydrogen-bond acceptors (Lipinski definition) is 5. The number of thiophene rings is 1. The average Bonchev–Trinajstić information content (AvgIpc) is 2.74. The zero-order chi connectivity index (χ0) is 13.1. The number of nitrogens with zero attached hydrogens (tertiary/aromatic N) is 1. The summed E-state index contributed by atoms with van der Waals surface area (Å²) in [5.74, 6) is 6.27. The minimum atomic E-state index is 0.389. The summed E-state index contributed by atoms with van der Waals surface area (Å²) in [4.78, 5) is 5.45. The lowest BCUT2D eigenvalue weighted by Gasteiger charge is -2.10. The summed E-state index contributed by atoms with van der Waals surface area (Å²) >= 11 is 13.7. The third kappa shape index (κ3) is 2.87. The molecule has 0 radical (unpaired) electrons. The van der Waals surface area contributed by atoms with Gasteiger partial charge < -0.3 is 10.7 Å². The van der Waals surface area contributed by atoms with Gasteiger partial charge in [-0.25, -0.2) is 10.8 Å². The normalized spacial score (nSPS) is 10.4. The third-order valence-electron chi connectivity index (χ3n) is 2.45. The number of rotatable bonds is 4. The lowest BCUT2D eigenvalue weighted by atomic mass is 10.3. The Morgan fingerprint density at radius 1 is 1.33 bits per heavy atom. The molecule has 96 valence electrons. The van der Waals surface area contributed by atoms with Crippen LogP contribution in [0.1, 0.15) is 10.4 Å². The van der Waals surface area contributed by atoms with Crippen molar-refractivity contribution < 1.29 is 0 Å². The van der Waals surface area contributed by atoms with E-state index in [9.17, 15) is 0 Å². The molecule has 4 nitrogen and oxygen atoms in total. The molecule has 0 spiro atoms. The van der Waals surface area contributed by atoms with E-state index in [2.05, 4.69) is 34.1 Å². The first-order valence-corrected chi connectivity index (χ1v) is 6.85. The van der Waals surface area contributed by atoms with Gasteiger partial charge in [-0.1, -0.05) is 23.2 Å². The number of nitrogens with two attached hydrogens (primary N) is 1. The Morgan fingerprint density at radius 3 is 2.67 bits per heavy atom. The van der Waals surface area contributed by atoms with E-state index >= 15 is 0 Å². The van der Waals surface area contributed by atoms with Gasteiger partial charge in [-0.15, -0.1) is 11.3 Å². The molecule has 7 heteroatoms. The second-order valence-corrected chi connectivity index (χ2v) is 5.49. The molecule has 0 atom stereocenters. The lowest BCUT2D eigenvalue weighted by Crippen LogP contribution is -2.11. The van der Waals surface area contributed by atoms with Crippen molar-refractivity contribution in [1.82, 2.24) is 4.98 Å². The predicted molar refractivity (Wildman–Crippen MR) is 78.4 cm³/mol. The van der Waals surface area contributed by atoms with Gasteiger partial charge in [0.05, 0.1) is 16.6 Å². The van der Waals surface area contributed by atoms with Gasteiger partial charge in [0.1, 0.15) is 5.82 Å². The van der Waals surface area contributed by atoms with Crippen LogP contribution >= 0.6 is 34.5 Å². The van der Waals surface area contributed by atoms with E-state index in [1.165, 1.54) is 10.4 Å². The van der Waals surface area contributed by atoms with Gasteiger partial charge >= 0.3 is 0 Å². The molecule has 0 aliphatic carbocycles. The van der Waals surface area contributed by atoms with E-state index in [1.54, 1.807) is 17.4 Å².